The third-order valence-electron chi connectivity index (χ3n) is 2.59. The number of nitrogens with zero attached hydrogens (tertiary/aromatic N) is 4. The first-order chi connectivity index (χ1) is 9.36. The Balaban J connectivity index is 2.08. The maximum Gasteiger partial charge on any atom is 0.451 e. The van der Waals surface area contributed by atoms with Gasteiger partial charge in [-0.05, 0) is 0 Å². The SMILES string of the molecule is O=[N+]([O-])C=C1NCCN1Cc1cnc(C(F)(F)F)nc1. The molecular weight excluding hydrogens is 279 g/mol. The molecule has 0 amide bonds. The highest BCUT2D eigenvalue weighted by atomic mass is 19.4. The fourth-order valence-electron chi connectivity index (χ4n) is 1.75. The molecule has 108 valence electrons. The second-order valence-corrected chi connectivity index (χ2v) is 4.06. The van der Waals surface area contributed by atoms with Crippen LogP contribution in [0.15, 0.2) is 24.4 Å². The summed E-state index contributed by atoms with van der Waals surface area (Å²) in [6.07, 6.45) is -1.63. The Morgan fingerprint density at radius 1 is 1.45 bits per heavy atom. The molecule has 0 aliphatic carbocycles. The Kier molecular flexibility index (Phi) is 3.72. The summed E-state index contributed by atoms with van der Waals surface area (Å²) in [6.45, 7) is 1.24. The van der Waals surface area contributed by atoms with Gasteiger partial charge in [0.25, 0.3) is 6.20 Å². The van der Waals surface area contributed by atoms with E-state index < -0.39 is 16.9 Å². The normalized spacial score (nSPS) is 17.4. The summed E-state index contributed by atoms with van der Waals surface area (Å²) >= 11 is 0. The number of nitrogens with one attached hydrogen (secondary N) is 1. The van der Waals surface area contributed by atoms with E-state index in [2.05, 4.69) is 15.3 Å². The van der Waals surface area contributed by atoms with Crippen molar-refractivity contribution in [1.82, 2.24) is 20.2 Å². The molecule has 1 aliphatic rings. The number of hydrogen-bond donors (Lipinski definition) is 1. The van der Waals surface area contributed by atoms with E-state index >= 15 is 0 Å². The highest BCUT2D eigenvalue weighted by Crippen LogP contribution is 2.25. The molecule has 7 nitrogen and oxygen atoms in total. The van der Waals surface area contributed by atoms with Gasteiger partial charge in [-0.1, -0.05) is 0 Å². The molecule has 20 heavy (non-hydrogen) atoms. The third-order valence-corrected chi connectivity index (χ3v) is 2.59. The number of hydrogen-bond acceptors (Lipinski definition) is 6. The van der Waals surface area contributed by atoms with E-state index in [4.69, 9.17) is 0 Å². The summed E-state index contributed by atoms with van der Waals surface area (Å²) in [5, 5.41) is 13.2. The highest BCUT2D eigenvalue weighted by molar-refractivity contribution is 5.10. The van der Waals surface area contributed by atoms with E-state index in [9.17, 15) is 23.3 Å². The van der Waals surface area contributed by atoms with Crippen LogP contribution >= 0.6 is 0 Å². The smallest absolute Gasteiger partial charge is 0.365 e. The van der Waals surface area contributed by atoms with Crippen LogP contribution in [0, 0.1) is 10.1 Å². The standard InChI is InChI=1S/C10H10F3N5O2/c11-10(12,13)9-15-3-7(4-16-9)5-17-2-1-14-8(17)6-18(19)20/h3-4,6,14H,1-2,5H2. The number of rotatable bonds is 3. The number of nitro groups is 1. The van der Waals surface area contributed by atoms with Crippen LogP contribution in [0.2, 0.25) is 0 Å². The maximum atomic E-state index is 12.3. The Morgan fingerprint density at radius 3 is 2.65 bits per heavy atom. The zero-order valence-electron chi connectivity index (χ0n) is 10.1. The molecule has 0 saturated carbocycles. The first-order valence-corrected chi connectivity index (χ1v) is 5.58. The van der Waals surface area contributed by atoms with Crippen molar-refractivity contribution in [3.05, 3.63) is 45.9 Å². The van der Waals surface area contributed by atoms with Gasteiger partial charge in [-0.25, -0.2) is 9.97 Å². The Labute approximate surface area is 111 Å². The van der Waals surface area contributed by atoms with Crippen LogP contribution in [0.3, 0.4) is 0 Å². The molecule has 0 bridgehead atoms. The van der Waals surface area contributed by atoms with Crippen LogP contribution in [-0.2, 0) is 12.7 Å². The summed E-state index contributed by atoms with van der Waals surface area (Å²) < 4.78 is 36.9. The molecule has 1 fully saturated rings. The number of halogens is 3. The average Bonchev–Trinajstić information content (AvgIpc) is 2.75. The summed E-state index contributed by atoms with van der Waals surface area (Å²) in [5.74, 6) is -0.892. The molecule has 0 spiro atoms. The van der Waals surface area contributed by atoms with Gasteiger partial charge in [-0.2, -0.15) is 13.2 Å². The predicted molar refractivity (Wildman–Crippen MR) is 60.5 cm³/mol. The lowest BCUT2D eigenvalue weighted by molar-refractivity contribution is -0.404. The van der Waals surface area contributed by atoms with Crippen LogP contribution in [0.25, 0.3) is 0 Å². The molecule has 0 unspecified atom stereocenters. The lowest BCUT2D eigenvalue weighted by atomic mass is 10.3. The summed E-state index contributed by atoms with van der Waals surface area (Å²) in [5.41, 5.74) is 0.441. The lowest BCUT2D eigenvalue weighted by Gasteiger charge is -2.16. The van der Waals surface area contributed by atoms with Crippen LogP contribution in [0.4, 0.5) is 13.2 Å². The molecule has 10 heteroatoms. The van der Waals surface area contributed by atoms with Gasteiger partial charge in [-0.3, -0.25) is 10.1 Å². The van der Waals surface area contributed by atoms with Gasteiger partial charge < -0.3 is 10.2 Å². The largest absolute Gasteiger partial charge is 0.451 e. The van der Waals surface area contributed by atoms with Gasteiger partial charge in [0, 0.05) is 37.6 Å². The minimum Gasteiger partial charge on any atom is -0.365 e. The first-order valence-electron chi connectivity index (χ1n) is 5.58. The Bertz CT molecular complexity index is 529. The van der Waals surface area contributed by atoms with Gasteiger partial charge in [0.2, 0.25) is 5.82 Å². The van der Waals surface area contributed by atoms with Gasteiger partial charge in [0.1, 0.15) is 0 Å². The van der Waals surface area contributed by atoms with E-state index in [1.54, 1.807) is 4.90 Å². The zero-order valence-corrected chi connectivity index (χ0v) is 10.1. The van der Waals surface area contributed by atoms with Crippen molar-refractivity contribution in [2.45, 2.75) is 12.7 Å². The molecule has 2 heterocycles. The quantitative estimate of drug-likeness (QED) is 0.659. The van der Waals surface area contributed by atoms with Crippen molar-refractivity contribution < 1.29 is 18.1 Å². The summed E-state index contributed by atoms with van der Waals surface area (Å²) in [4.78, 5) is 17.9. The molecule has 1 N–H and O–H groups in total. The van der Waals surface area contributed by atoms with Crippen molar-refractivity contribution in [2.24, 2.45) is 0 Å². The van der Waals surface area contributed by atoms with Crippen molar-refractivity contribution in [3.63, 3.8) is 0 Å². The molecule has 2 rings (SSSR count). The second kappa shape index (κ2) is 5.31. The molecule has 1 aromatic rings. The Morgan fingerprint density at radius 2 is 2.10 bits per heavy atom. The monoisotopic (exact) mass is 289 g/mol. The minimum absolute atomic E-state index is 0.199. The molecule has 1 saturated heterocycles. The maximum absolute atomic E-state index is 12.3. The van der Waals surface area contributed by atoms with Crippen molar-refractivity contribution in [2.75, 3.05) is 13.1 Å². The van der Waals surface area contributed by atoms with Gasteiger partial charge in [0.05, 0.1) is 4.92 Å². The van der Waals surface area contributed by atoms with E-state index in [0.717, 1.165) is 18.6 Å². The van der Waals surface area contributed by atoms with E-state index in [1.165, 1.54) is 0 Å². The minimum atomic E-state index is -4.58. The van der Waals surface area contributed by atoms with Gasteiger partial charge in [0.15, 0.2) is 5.82 Å². The molecule has 1 aromatic heterocycles. The third kappa shape index (κ3) is 3.33. The zero-order chi connectivity index (χ0) is 14.8. The van der Waals surface area contributed by atoms with Crippen LogP contribution in [-0.4, -0.2) is 32.9 Å². The lowest BCUT2D eigenvalue weighted by Crippen LogP contribution is -2.21. The van der Waals surface area contributed by atoms with E-state index in [1.807, 2.05) is 0 Å². The molecular formula is C10H10F3N5O2. The fourth-order valence-corrected chi connectivity index (χ4v) is 1.75. The Hall–Kier alpha value is -2.39. The van der Waals surface area contributed by atoms with Crippen molar-refractivity contribution in [3.8, 4) is 0 Å². The molecule has 0 atom stereocenters. The fraction of sp³-hybridized carbons (Fsp3) is 0.400. The second-order valence-electron chi connectivity index (χ2n) is 4.06. The first kappa shape index (κ1) is 14.0. The van der Waals surface area contributed by atoms with Crippen LogP contribution in [0.1, 0.15) is 11.4 Å². The van der Waals surface area contributed by atoms with Crippen molar-refractivity contribution in [1.29, 1.82) is 0 Å². The predicted octanol–water partition coefficient (Wildman–Crippen LogP) is 0.976. The van der Waals surface area contributed by atoms with Crippen LogP contribution < -0.4 is 5.32 Å². The van der Waals surface area contributed by atoms with E-state index in [0.29, 0.717) is 24.5 Å². The van der Waals surface area contributed by atoms with Crippen molar-refractivity contribution >= 4 is 0 Å². The number of alkyl halides is 3. The van der Waals surface area contributed by atoms with Crippen LogP contribution in [0.5, 0.6) is 0 Å². The molecule has 0 radical (unpaired) electrons. The van der Waals surface area contributed by atoms with E-state index in [-0.39, 0.29) is 6.54 Å². The topological polar surface area (TPSA) is 84.2 Å². The molecule has 1 aliphatic heterocycles. The van der Waals surface area contributed by atoms with Gasteiger partial charge in [-0.15, -0.1) is 0 Å². The highest BCUT2D eigenvalue weighted by Gasteiger charge is 2.34. The summed E-state index contributed by atoms with van der Waals surface area (Å²) in [6, 6.07) is 0. The van der Waals surface area contributed by atoms with Gasteiger partial charge >= 0.3 is 6.18 Å². The number of aromatic nitrogens is 2. The molecule has 0 aromatic carbocycles. The summed E-state index contributed by atoms with van der Waals surface area (Å²) in [7, 11) is 0. The average molecular weight is 289 g/mol.